The van der Waals surface area contributed by atoms with Crippen molar-refractivity contribution in [1.82, 2.24) is 14.5 Å². The lowest BCUT2D eigenvalue weighted by atomic mass is 10.1. The van der Waals surface area contributed by atoms with E-state index in [9.17, 15) is 13.2 Å². The van der Waals surface area contributed by atoms with Crippen LogP contribution in [0.1, 0.15) is 32.9 Å². The number of halogens is 1. The Bertz CT molecular complexity index is 1190. The van der Waals surface area contributed by atoms with E-state index in [-0.39, 0.29) is 22.0 Å². The SMILES string of the molecule is COC(=O)c1ccc(Cl)c(S(=O)(=O)NCc2cccc(Cn3nc(C)cc3C)c2)c1. The summed E-state index contributed by atoms with van der Waals surface area (Å²) in [6.07, 6.45) is 0. The molecule has 0 aliphatic heterocycles. The Balaban J connectivity index is 1.76. The number of carbonyl (C=O) groups is 1. The van der Waals surface area contributed by atoms with Gasteiger partial charge in [0, 0.05) is 12.2 Å². The maximum atomic E-state index is 12.8. The number of carbonyl (C=O) groups excluding carboxylic acids is 1. The van der Waals surface area contributed by atoms with E-state index < -0.39 is 16.0 Å². The number of nitrogens with zero attached hydrogens (tertiary/aromatic N) is 2. The summed E-state index contributed by atoms with van der Waals surface area (Å²) in [4.78, 5) is 11.5. The van der Waals surface area contributed by atoms with Gasteiger partial charge in [0.15, 0.2) is 0 Å². The number of ether oxygens (including phenoxy) is 1. The Kier molecular flexibility index (Phi) is 6.60. The van der Waals surface area contributed by atoms with Gasteiger partial charge in [-0.05, 0) is 49.2 Å². The van der Waals surface area contributed by atoms with E-state index in [1.165, 1.54) is 25.3 Å². The topological polar surface area (TPSA) is 90.3 Å². The van der Waals surface area contributed by atoms with Crippen molar-refractivity contribution in [2.24, 2.45) is 0 Å². The van der Waals surface area contributed by atoms with Crippen molar-refractivity contribution in [2.75, 3.05) is 7.11 Å². The molecule has 1 heterocycles. The second-order valence-corrected chi connectivity index (χ2v) is 9.01. The van der Waals surface area contributed by atoms with Gasteiger partial charge in [0.25, 0.3) is 0 Å². The van der Waals surface area contributed by atoms with Crippen molar-refractivity contribution in [3.05, 3.63) is 81.6 Å². The summed E-state index contributed by atoms with van der Waals surface area (Å²) >= 11 is 6.06. The number of hydrogen-bond donors (Lipinski definition) is 1. The predicted molar refractivity (Wildman–Crippen MR) is 114 cm³/mol. The third-order valence-corrected chi connectivity index (χ3v) is 6.42. The molecule has 0 amide bonds. The van der Waals surface area contributed by atoms with Crippen LogP contribution in [0.3, 0.4) is 0 Å². The minimum atomic E-state index is -3.94. The molecule has 0 aliphatic rings. The number of esters is 1. The molecule has 0 fully saturated rings. The Hall–Kier alpha value is -2.68. The number of benzene rings is 2. The first-order valence-corrected chi connectivity index (χ1v) is 11.0. The average molecular weight is 448 g/mol. The Morgan fingerprint density at radius 3 is 2.53 bits per heavy atom. The van der Waals surface area contributed by atoms with Crippen LogP contribution in [0.25, 0.3) is 0 Å². The first kappa shape index (κ1) is 22.0. The van der Waals surface area contributed by atoms with Gasteiger partial charge < -0.3 is 4.74 Å². The summed E-state index contributed by atoms with van der Waals surface area (Å²) < 4.78 is 34.6. The molecule has 9 heteroatoms. The molecule has 3 aromatic rings. The van der Waals surface area contributed by atoms with Gasteiger partial charge in [-0.15, -0.1) is 0 Å². The smallest absolute Gasteiger partial charge is 0.337 e. The number of rotatable bonds is 7. The van der Waals surface area contributed by atoms with E-state index in [1.807, 2.05) is 48.9 Å². The van der Waals surface area contributed by atoms with E-state index in [1.54, 1.807) is 0 Å². The van der Waals surface area contributed by atoms with Crippen molar-refractivity contribution in [2.45, 2.75) is 31.8 Å². The van der Waals surface area contributed by atoms with Crippen LogP contribution in [0, 0.1) is 13.8 Å². The molecule has 0 bridgehead atoms. The molecule has 0 saturated carbocycles. The highest BCUT2D eigenvalue weighted by atomic mass is 35.5. The van der Waals surface area contributed by atoms with Crippen molar-refractivity contribution < 1.29 is 17.9 Å². The van der Waals surface area contributed by atoms with Crippen molar-refractivity contribution in [3.63, 3.8) is 0 Å². The molecule has 158 valence electrons. The van der Waals surface area contributed by atoms with Gasteiger partial charge in [-0.3, -0.25) is 4.68 Å². The van der Waals surface area contributed by atoms with Gasteiger partial charge in [-0.25, -0.2) is 17.9 Å². The van der Waals surface area contributed by atoms with Gasteiger partial charge in [0.05, 0.1) is 29.9 Å². The van der Waals surface area contributed by atoms with E-state index in [0.29, 0.717) is 6.54 Å². The maximum absolute atomic E-state index is 12.8. The summed E-state index contributed by atoms with van der Waals surface area (Å²) in [7, 11) is -2.71. The van der Waals surface area contributed by atoms with Crippen LogP contribution in [0.5, 0.6) is 0 Å². The minimum Gasteiger partial charge on any atom is -0.465 e. The number of methoxy groups -OCH3 is 1. The third-order valence-electron chi connectivity index (χ3n) is 4.54. The quantitative estimate of drug-likeness (QED) is 0.560. The third kappa shape index (κ3) is 5.08. The second kappa shape index (κ2) is 8.99. The molecule has 0 spiro atoms. The number of nitrogens with one attached hydrogen (secondary N) is 1. The molecule has 1 N–H and O–H groups in total. The molecule has 2 aromatic carbocycles. The zero-order valence-corrected chi connectivity index (χ0v) is 18.4. The summed E-state index contributed by atoms with van der Waals surface area (Å²) in [5.74, 6) is -0.639. The lowest BCUT2D eigenvalue weighted by Crippen LogP contribution is -2.24. The molecule has 0 aliphatic carbocycles. The van der Waals surface area contributed by atoms with Crippen LogP contribution in [-0.2, 0) is 27.8 Å². The van der Waals surface area contributed by atoms with E-state index in [2.05, 4.69) is 14.6 Å². The van der Waals surface area contributed by atoms with Crippen molar-refractivity contribution >= 4 is 27.6 Å². The highest BCUT2D eigenvalue weighted by Crippen LogP contribution is 2.23. The standard InChI is InChI=1S/C21H22ClN3O4S/c1-14-9-15(2)25(24-14)13-17-6-4-5-16(10-17)12-23-30(27,28)20-11-18(21(26)29-3)7-8-19(20)22/h4-11,23H,12-13H2,1-3H3. The minimum absolute atomic E-state index is 0.0217. The first-order valence-electron chi connectivity index (χ1n) is 9.16. The summed E-state index contributed by atoms with van der Waals surface area (Å²) in [5.41, 5.74) is 3.90. The van der Waals surface area contributed by atoms with Crippen LogP contribution in [0.15, 0.2) is 53.4 Å². The van der Waals surface area contributed by atoms with Gasteiger partial charge in [-0.2, -0.15) is 5.10 Å². The van der Waals surface area contributed by atoms with Crippen LogP contribution >= 0.6 is 11.6 Å². The lowest BCUT2D eigenvalue weighted by molar-refractivity contribution is 0.0600. The highest BCUT2D eigenvalue weighted by molar-refractivity contribution is 7.89. The van der Waals surface area contributed by atoms with Crippen LogP contribution in [0.2, 0.25) is 5.02 Å². The number of aromatic nitrogens is 2. The molecular weight excluding hydrogens is 426 g/mol. The molecule has 7 nitrogen and oxygen atoms in total. The number of aryl methyl sites for hydroxylation is 2. The molecule has 0 atom stereocenters. The Labute approximate surface area is 180 Å². The molecule has 1 aromatic heterocycles. The van der Waals surface area contributed by atoms with Crippen LogP contribution < -0.4 is 4.72 Å². The van der Waals surface area contributed by atoms with Crippen LogP contribution in [0.4, 0.5) is 0 Å². The molecule has 0 radical (unpaired) electrons. The zero-order chi connectivity index (χ0) is 21.9. The van der Waals surface area contributed by atoms with E-state index >= 15 is 0 Å². The average Bonchev–Trinajstić information content (AvgIpc) is 3.03. The largest absolute Gasteiger partial charge is 0.465 e. The molecule has 0 unspecified atom stereocenters. The Morgan fingerprint density at radius 1 is 1.13 bits per heavy atom. The predicted octanol–water partition coefficient (Wildman–Crippen LogP) is 3.47. The fourth-order valence-electron chi connectivity index (χ4n) is 3.06. The summed E-state index contributed by atoms with van der Waals surface area (Å²) in [5, 5.41) is 4.47. The van der Waals surface area contributed by atoms with E-state index in [0.717, 1.165) is 22.5 Å². The number of hydrogen-bond acceptors (Lipinski definition) is 5. The normalized spacial score (nSPS) is 11.5. The van der Waals surface area contributed by atoms with E-state index in [4.69, 9.17) is 11.6 Å². The molecular formula is C21H22ClN3O4S. The van der Waals surface area contributed by atoms with Gasteiger partial charge >= 0.3 is 5.97 Å². The lowest BCUT2D eigenvalue weighted by Gasteiger charge is -2.11. The summed E-state index contributed by atoms with van der Waals surface area (Å²) in [6.45, 7) is 4.60. The monoisotopic (exact) mass is 447 g/mol. The second-order valence-electron chi connectivity index (χ2n) is 6.87. The first-order chi connectivity index (χ1) is 14.2. The zero-order valence-electron chi connectivity index (χ0n) is 16.8. The highest BCUT2D eigenvalue weighted by Gasteiger charge is 2.20. The fourth-order valence-corrected chi connectivity index (χ4v) is 4.60. The molecule has 3 rings (SSSR count). The number of sulfonamides is 1. The fraction of sp³-hybridized carbons (Fsp3) is 0.238. The van der Waals surface area contributed by atoms with Crippen molar-refractivity contribution in [1.29, 1.82) is 0 Å². The van der Waals surface area contributed by atoms with Crippen LogP contribution in [-0.4, -0.2) is 31.3 Å². The van der Waals surface area contributed by atoms with Gasteiger partial charge in [-0.1, -0.05) is 35.9 Å². The Morgan fingerprint density at radius 2 is 1.87 bits per heavy atom. The molecule has 30 heavy (non-hydrogen) atoms. The molecule has 0 saturated heterocycles. The van der Waals surface area contributed by atoms with Crippen molar-refractivity contribution in [3.8, 4) is 0 Å². The maximum Gasteiger partial charge on any atom is 0.337 e. The van der Waals surface area contributed by atoms with Gasteiger partial charge in [0.1, 0.15) is 4.90 Å². The summed E-state index contributed by atoms with van der Waals surface area (Å²) in [6, 6.07) is 13.6. The van der Waals surface area contributed by atoms with Gasteiger partial charge in [0.2, 0.25) is 10.0 Å².